The lowest BCUT2D eigenvalue weighted by atomic mass is 10.2. The van der Waals surface area contributed by atoms with Crippen molar-refractivity contribution < 1.29 is 0 Å². The van der Waals surface area contributed by atoms with Crippen molar-refractivity contribution in [2.45, 2.75) is 13.8 Å². The van der Waals surface area contributed by atoms with Gasteiger partial charge in [0, 0.05) is 30.6 Å². The van der Waals surface area contributed by atoms with Crippen molar-refractivity contribution in [3.63, 3.8) is 0 Å². The summed E-state index contributed by atoms with van der Waals surface area (Å²) in [7, 11) is 1.74. The van der Waals surface area contributed by atoms with Crippen LogP contribution in [0, 0.1) is 5.92 Å². The van der Waals surface area contributed by atoms with E-state index >= 15 is 0 Å². The van der Waals surface area contributed by atoms with Gasteiger partial charge in [-0.25, -0.2) is 0 Å². The minimum absolute atomic E-state index is 0.350. The van der Waals surface area contributed by atoms with E-state index in [4.69, 9.17) is 11.6 Å². The SMILES string of the molecule is C=C/C=C(C)/N=C\C(C)CS/N=C(/Cl)NC. The molecule has 0 aliphatic rings. The largest absolute Gasteiger partial charge is 0.363 e. The van der Waals surface area contributed by atoms with Gasteiger partial charge in [0.05, 0.1) is 0 Å². The van der Waals surface area contributed by atoms with Gasteiger partial charge in [0.25, 0.3) is 0 Å². The molecular formula is C11H18ClN3S. The van der Waals surface area contributed by atoms with E-state index in [0.717, 1.165) is 11.4 Å². The molecule has 1 N–H and O–H groups in total. The predicted molar refractivity (Wildman–Crippen MR) is 76.4 cm³/mol. The van der Waals surface area contributed by atoms with Gasteiger partial charge in [-0.15, -0.1) is 0 Å². The molecule has 1 unspecified atom stereocenters. The Bertz CT molecular complexity index is 298. The van der Waals surface area contributed by atoms with E-state index in [2.05, 4.69) is 28.2 Å². The molecule has 0 rings (SSSR count). The topological polar surface area (TPSA) is 36.8 Å². The van der Waals surface area contributed by atoms with E-state index in [-0.39, 0.29) is 0 Å². The van der Waals surface area contributed by atoms with E-state index in [9.17, 15) is 0 Å². The molecule has 0 saturated carbocycles. The Balaban J connectivity index is 3.95. The fraction of sp³-hybridized carbons (Fsp3) is 0.455. The fourth-order valence-corrected chi connectivity index (χ4v) is 1.51. The van der Waals surface area contributed by atoms with Gasteiger partial charge < -0.3 is 5.32 Å². The Morgan fingerprint density at radius 1 is 1.62 bits per heavy atom. The highest BCUT2D eigenvalue weighted by Crippen LogP contribution is 2.09. The summed E-state index contributed by atoms with van der Waals surface area (Å²) in [4.78, 5) is 4.29. The molecule has 0 saturated heterocycles. The van der Waals surface area contributed by atoms with Crippen LogP contribution in [-0.2, 0) is 0 Å². The fourth-order valence-electron chi connectivity index (χ4n) is 0.759. The molecule has 0 heterocycles. The highest BCUT2D eigenvalue weighted by Gasteiger charge is 1.98. The van der Waals surface area contributed by atoms with Crippen molar-refractivity contribution in [3.05, 3.63) is 24.4 Å². The van der Waals surface area contributed by atoms with Gasteiger partial charge >= 0.3 is 0 Å². The van der Waals surface area contributed by atoms with E-state index in [1.54, 1.807) is 13.1 Å². The molecule has 0 aromatic rings. The number of nitrogens with one attached hydrogen (secondary N) is 1. The van der Waals surface area contributed by atoms with Crippen LogP contribution >= 0.6 is 23.5 Å². The number of hydrogen-bond acceptors (Lipinski definition) is 3. The van der Waals surface area contributed by atoms with E-state index in [1.165, 1.54) is 11.9 Å². The van der Waals surface area contributed by atoms with Crippen LogP contribution in [-0.4, -0.2) is 24.3 Å². The number of nitrogens with zero attached hydrogens (tertiary/aromatic N) is 2. The Labute approximate surface area is 107 Å². The second kappa shape index (κ2) is 9.48. The molecule has 90 valence electrons. The van der Waals surface area contributed by atoms with Gasteiger partial charge in [-0.3, -0.25) is 4.99 Å². The van der Waals surface area contributed by atoms with Crippen LogP contribution in [0.2, 0.25) is 0 Å². The smallest absolute Gasteiger partial charge is 0.202 e. The summed E-state index contributed by atoms with van der Waals surface area (Å²) < 4.78 is 4.04. The van der Waals surface area contributed by atoms with E-state index in [0.29, 0.717) is 11.2 Å². The van der Waals surface area contributed by atoms with Gasteiger partial charge in [-0.2, -0.15) is 4.40 Å². The molecule has 0 aliphatic heterocycles. The third-order valence-corrected chi connectivity index (χ3v) is 2.94. The van der Waals surface area contributed by atoms with Crippen LogP contribution in [0.15, 0.2) is 33.8 Å². The lowest BCUT2D eigenvalue weighted by molar-refractivity contribution is 0.920. The first-order valence-electron chi connectivity index (χ1n) is 4.96. The summed E-state index contributed by atoms with van der Waals surface area (Å²) in [6, 6.07) is 0. The van der Waals surface area contributed by atoms with E-state index in [1.807, 2.05) is 19.2 Å². The Kier molecular flexibility index (Phi) is 9.04. The van der Waals surface area contributed by atoms with Crippen LogP contribution < -0.4 is 5.32 Å². The van der Waals surface area contributed by atoms with Gasteiger partial charge in [0.15, 0.2) is 0 Å². The lowest BCUT2D eigenvalue weighted by Crippen LogP contribution is -2.10. The molecule has 0 bridgehead atoms. The predicted octanol–water partition coefficient (Wildman–Crippen LogP) is 3.25. The quantitative estimate of drug-likeness (QED) is 0.261. The summed E-state index contributed by atoms with van der Waals surface area (Å²) in [5, 5.41) is 3.16. The average Bonchev–Trinajstić information content (AvgIpc) is 2.26. The highest BCUT2D eigenvalue weighted by molar-refractivity contribution is 7.98. The molecular weight excluding hydrogens is 242 g/mol. The summed E-state index contributed by atoms with van der Waals surface area (Å²) in [5.41, 5.74) is 0.948. The van der Waals surface area contributed by atoms with Crippen molar-refractivity contribution in [1.82, 2.24) is 5.32 Å². The minimum atomic E-state index is 0.350. The molecule has 3 nitrogen and oxygen atoms in total. The minimum Gasteiger partial charge on any atom is -0.363 e. The van der Waals surface area contributed by atoms with Gasteiger partial charge in [0.2, 0.25) is 5.29 Å². The van der Waals surface area contributed by atoms with Crippen molar-refractivity contribution >= 4 is 35.1 Å². The van der Waals surface area contributed by atoms with E-state index < -0.39 is 0 Å². The number of halogens is 1. The zero-order valence-electron chi connectivity index (χ0n) is 9.90. The maximum Gasteiger partial charge on any atom is 0.202 e. The normalized spacial score (nSPS) is 15.2. The average molecular weight is 260 g/mol. The van der Waals surface area contributed by atoms with Crippen molar-refractivity contribution in [2.75, 3.05) is 12.8 Å². The molecule has 0 fully saturated rings. The van der Waals surface area contributed by atoms with Crippen LogP contribution in [0.1, 0.15) is 13.8 Å². The third-order valence-electron chi connectivity index (χ3n) is 1.58. The molecule has 0 spiro atoms. The Morgan fingerprint density at radius 3 is 2.88 bits per heavy atom. The van der Waals surface area contributed by atoms with Crippen molar-refractivity contribution in [1.29, 1.82) is 0 Å². The maximum absolute atomic E-state index is 5.68. The summed E-state index contributed by atoms with van der Waals surface area (Å²) in [6.45, 7) is 7.63. The number of rotatable bonds is 6. The van der Waals surface area contributed by atoms with Crippen molar-refractivity contribution in [3.8, 4) is 0 Å². The van der Waals surface area contributed by atoms with Gasteiger partial charge in [-0.1, -0.05) is 19.6 Å². The van der Waals surface area contributed by atoms with Crippen LogP contribution in [0.3, 0.4) is 0 Å². The van der Waals surface area contributed by atoms with Gasteiger partial charge in [-0.05, 0) is 36.5 Å². The molecule has 0 aromatic heterocycles. The third kappa shape index (κ3) is 8.56. The molecule has 0 radical (unpaired) electrons. The molecule has 5 heteroatoms. The summed E-state index contributed by atoms with van der Waals surface area (Å²) in [5.74, 6) is 1.20. The Hall–Kier alpha value is -0.740. The molecule has 0 aromatic carbocycles. The number of allylic oxidation sites excluding steroid dienone is 3. The summed E-state index contributed by atoms with van der Waals surface area (Å²) in [6.07, 6.45) is 5.50. The first-order chi connectivity index (χ1) is 7.60. The second-order valence-corrected chi connectivity index (χ2v) is 4.36. The summed E-state index contributed by atoms with van der Waals surface area (Å²) >= 11 is 7.10. The molecule has 1 atom stereocenters. The van der Waals surface area contributed by atoms with Gasteiger partial charge in [0.1, 0.15) is 0 Å². The lowest BCUT2D eigenvalue weighted by Gasteiger charge is -2.02. The number of aliphatic imine (C=N–C) groups is 1. The van der Waals surface area contributed by atoms with Crippen LogP contribution in [0.25, 0.3) is 0 Å². The van der Waals surface area contributed by atoms with Crippen molar-refractivity contribution in [2.24, 2.45) is 15.3 Å². The number of hydrogen-bond donors (Lipinski definition) is 1. The van der Waals surface area contributed by atoms with Crippen LogP contribution in [0.4, 0.5) is 0 Å². The standard InChI is InChI=1S/C11H18ClN3S/c1-5-6-10(3)14-7-9(2)8-16-15-11(12)13-4/h5-7,9H,1,8H2,2-4H3,(H,13,15)/b10-6+,14-7-. The maximum atomic E-state index is 5.68. The molecule has 0 amide bonds. The second-order valence-electron chi connectivity index (χ2n) is 3.23. The highest BCUT2D eigenvalue weighted by atomic mass is 35.5. The van der Waals surface area contributed by atoms with Crippen LogP contribution in [0.5, 0.6) is 0 Å². The first kappa shape index (κ1) is 15.3. The molecule has 0 aliphatic carbocycles. The zero-order chi connectivity index (χ0) is 12.4. The Morgan fingerprint density at radius 2 is 2.31 bits per heavy atom. The monoisotopic (exact) mass is 259 g/mol. The number of amidine groups is 1. The molecule has 16 heavy (non-hydrogen) atoms. The first-order valence-corrected chi connectivity index (χ1v) is 6.29. The zero-order valence-corrected chi connectivity index (χ0v) is 11.5.